The van der Waals surface area contributed by atoms with Gasteiger partial charge in [0.25, 0.3) is 0 Å². The van der Waals surface area contributed by atoms with Crippen LogP contribution >= 0.6 is 23.2 Å². The Hall–Kier alpha value is -3.50. The quantitative estimate of drug-likeness (QED) is 0.297. The first kappa shape index (κ1) is 26.1. The van der Waals surface area contributed by atoms with Gasteiger partial charge in [-0.15, -0.1) is 0 Å². The first-order chi connectivity index (χ1) is 16.7. The van der Waals surface area contributed by atoms with Crippen LogP contribution < -0.4 is 11.5 Å². The Morgan fingerprint density at radius 2 is 1.86 bits per heavy atom. The molecule has 1 atom stereocenters. The Morgan fingerprint density at radius 3 is 2.40 bits per heavy atom. The van der Waals surface area contributed by atoms with Gasteiger partial charge in [0, 0.05) is 58.5 Å². The van der Waals surface area contributed by atoms with Gasteiger partial charge < -0.3 is 26.5 Å². The number of hydrogen-bond acceptors (Lipinski definition) is 7. The second-order valence-electron chi connectivity index (χ2n) is 7.76. The molecule has 35 heavy (non-hydrogen) atoms. The number of carbonyl (C=O) groups is 1. The van der Waals surface area contributed by atoms with E-state index in [1.807, 2.05) is 32.4 Å². The standard InChI is InChI=1S/C15H10Cl2N4O2.C9H15N3/c16-9-1-7(2-10(17)4-9)11-6-20-15(18)21-13(11)8-3-12(14(22)23)19-5-8;1-12(2)9(6-10)8-4-3-5-11-7-8/h1-6,19H,(H,22,23)(H2,18,20,21);3-5,7,9H,6,10H2,1-2H3. The Morgan fingerprint density at radius 1 is 1.14 bits per heavy atom. The van der Waals surface area contributed by atoms with E-state index in [9.17, 15) is 4.79 Å². The van der Waals surface area contributed by atoms with Crippen LogP contribution in [-0.4, -0.2) is 56.6 Å². The van der Waals surface area contributed by atoms with E-state index >= 15 is 0 Å². The van der Waals surface area contributed by atoms with Crippen LogP contribution in [-0.2, 0) is 0 Å². The molecular weight excluding hydrogens is 489 g/mol. The lowest BCUT2D eigenvalue weighted by molar-refractivity contribution is 0.0691. The first-order valence-corrected chi connectivity index (χ1v) is 11.2. The summed E-state index contributed by atoms with van der Waals surface area (Å²) in [5, 5.41) is 9.97. The van der Waals surface area contributed by atoms with Gasteiger partial charge >= 0.3 is 5.97 Å². The van der Waals surface area contributed by atoms with Crippen LogP contribution in [0.2, 0.25) is 10.0 Å². The minimum Gasteiger partial charge on any atom is -0.477 e. The fourth-order valence-electron chi connectivity index (χ4n) is 3.41. The lowest BCUT2D eigenvalue weighted by atomic mass is 10.0. The third-order valence-electron chi connectivity index (χ3n) is 5.08. The maximum atomic E-state index is 11.0. The number of nitrogens with two attached hydrogens (primary N) is 2. The fourth-order valence-corrected chi connectivity index (χ4v) is 3.93. The lowest BCUT2D eigenvalue weighted by Gasteiger charge is -2.22. The highest BCUT2D eigenvalue weighted by molar-refractivity contribution is 6.35. The number of halogens is 2. The molecule has 0 aliphatic heterocycles. The molecule has 0 aliphatic carbocycles. The van der Waals surface area contributed by atoms with Gasteiger partial charge in [-0.1, -0.05) is 29.3 Å². The highest BCUT2D eigenvalue weighted by atomic mass is 35.5. The second-order valence-corrected chi connectivity index (χ2v) is 8.63. The minimum atomic E-state index is -1.06. The van der Waals surface area contributed by atoms with Crippen molar-refractivity contribution in [2.75, 3.05) is 26.4 Å². The van der Waals surface area contributed by atoms with Crippen molar-refractivity contribution >= 4 is 35.1 Å². The summed E-state index contributed by atoms with van der Waals surface area (Å²) >= 11 is 12.1. The number of pyridine rings is 1. The molecule has 1 unspecified atom stereocenters. The third kappa shape index (κ3) is 6.77. The predicted molar refractivity (Wildman–Crippen MR) is 138 cm³/mol. The van der Waals surface area contributed by atoms with Gasteiger partial charge in [0.2, 0.25) is 5.95 Å². The topological polar surface area (TPSA) is 147 Å². The van der Waals surface area contributed by atoms with Crippen molar-refractivity contribution in [2.45, 2.75) is 6.04 Å². The Bertz CT molecular complexity index is 1280. The number of hydrogen-bond donors (Lipinski definition) is 4. The molecule has 0 bridgehead atoms. The van der Waals surface area contributed by atoms with E-state index in [1.165, 1.54) is 11.6 Å². The summed E-state index contributed by atoms with van der Waals surface area (Å²) < 4.78 is 0. The zero-order valence-corrected chi connectivity index (χ0v) is 20.6. The molecule has 0 aliphatic rings. The van der Waals surface area contributed by atoms with E-state index in [0.29, 0.717) is 39.0 Å². The molecule has 0 radical (unpaired) electrons. The highest BCUT2D eigenvalue weighted by Crippen LogP contribution is 2.34. The van der Waals surface area contributed by atoms with Gasteiger partial charge in [-0.3, -0.25) is 4.98 Å². The number of aromatic carboxylic acids is 1. The number of carboxylic acid groups (broad SMARTS) is 1. The normalized spacial score (nSPS) is 11.6. The summed E-state index contributed by atoms with van der Waals surface area (Å²) in [4.78, 5) is 28.1. The number of carboxylic acids is 1. The van der Waals surface area contributed by atoms with Crippen molar-refractivity contribution < 1.29 is 9.90 Å². The zero-order chi connectivity index (χ0) is 25.5. The first-order valence-electron chi connectivity index (χ1n) is 10.5. The number of H-pyrrole nitrogens is 1. The molecule has 4 aromatic rings. The van der Waals surface area contributed by atoms with Gasteiger partial charge in [0.15, 0.2) is 0 Å². The second kappa shape index (κ2) is 11.8. The molecule has 3 aromatic heterocycles. The minimum absolute atomic E-state index is 0.0484. The number of likely N-dealkylation sites (N-methyl/N-ethyl adjacent to an activating group) is 1. The average Bonchev–Trinajstić information content (AvgIpc) is 3.30. The van der Waals surface area contributed by atoms with E-state index in [4.69, 9.17) is 39.8 Å². The molecule has 11 heteroatoms. The fraction of sp³-hybridized carbons (Fsp3) is 0.167. The molecule has 182 valence electrons. The summed E-state index contributed by atoms with van der Waals surface area (Å²) in [5.41, 5.74) is 14.9. The summed E-state index contributed by atoms with van der Waals surface area (Å²) in [5.74, 6) is -0.986. The maximum Gasteiger partial charge on any atom is 0.352 e. The summed E-state index contributed by atoms with van der Waals surface area (Å²) in [7, 11) is 4.04. The average molecular weight is 514 g/mol. The number of nitrogens with one attached hydrogen (secondary N) is 1. The molecule has 0 spiro atoms. The molecule has 1 aromatic carbocycles. The van der Waals surface area contributed by atoms with E-state index in [2.05, 4.69) is 24.8 Å². The number of anilines is 1. The molecular formula is C24H25Cl2N7O2. The number of aromatic nitrogens is 4. The van der Waals surface area contributed by atoms with Crippen molar-refractivity contribution in [1.29, 1.82) is 0 Å². The van der Waals surface area contributed by atoms with Crippen LogP contribution in [0.5, 0.6) is 0 Å². The number of nitrogen functional groups attached to an aromatic ring is 1. The number of aromatic amines is 1. The van der Waals surface area contributed by atoms with Crippen LogP contribution in [0.15, 0.2) is 61.2 Å². The van der Waals surface area contributed by atoms with E-state index in [-0.39, 0.29) is 17.7 Å². The molecule has 3 heterocycles. The van der Waals surface area contributed by atoms with Crippen molar-refractivity contribution in [3.8, 4) is 22.4 Å². The Labute approximate surface area is 212 Å². The SMILES string of the molecule is CN(C)C(CN)c1cccnc1.Nc1ncc(-c2cc(Cl)cc(Cl)c2)c(-c2c[nH]c(C(=O)O)c2)n1. The summed E-state index contributed by atoms with van der Waals surface area (Å²) in [6, 6.07) is 10.8. The van der Waals surface area contributed by atoms with Crippen molar-refractivity contribution in [3.05, 3.63) is 82.5 Å². The van der Waals surface area contributed by atoms with Gasteiger partial charge in [-0.25, -0.2) is 14.8 Å². The largest absolute Gasteiger partial charge is 0.477 e. The summed E-state index contributed by atoms with van der Waals surface area (Å²) in [6.45, 7) is 0.624. The van der Waals surface area contributed by atoms with E-state index < -0.39 is 5.97 Å². The maximum absolute atomic E-state index is 11.0. The van der Waals surface area contributed by atoms with Crippen LogP contribution in [0, 0.1) is 0 Å². The zero-order valence-electron chi connectivity index (χ0n) is 19.1. The predicted octanol–water partition coefficient (Wildman–Crippen LogP) is 4.37. The van der Waals surface area contributed by atoms with Crippen molar-refractivity contribution in [2.24, 2.45) is 5.73 Å². The van der Waals surface area contributed by atoms with Gasteiger partial charge in [0.1, 0.15) is 5.69 Å². The van der Waals surface area contributed by atoms with Crippen LogP contribution in [0.4, 0.5) is 5.95 Å². The van der Waals surface area contributed by atoms with Gasteiger partial charge in [-0.05, 0) is 55.6 Å². The van der Waals surface area contributed by atoms with Gasteiger partial charge in [-0.2, -0.15) is 0 Å². The number of rotatable bonds is 6. The highest BCUT2D eigenvalue weighted by Gasteiger charge is 2.15. The van der Waals surface area contributed by atoms with Crippen molar-refractivity contribution in [3.63, 3.8) is 0 Å². The number of benzene rings is 1. The van der Waals surface area contributed by atoms with Crippen LogP contribution in [0.1, 0.15) is 22.1 Å². The smallest absolute Gasteiger partial charge is 0.352 e. The molecule has 0 saturated heterocycles. The monoisotopic (exact) mass is 513 g/mol. The molecule has 6 N–H and O–H groups in total. The van der Waals surface area contributed by atoms with E-state index in [0.717, 1.165) is 0 Å². The summed E-state index contributed by atoms with van der Waals surface area (Å²) in [6.07, 6.45) is 6.72. The molecule has 0 fully saturated rings. The molecule has 9 nitrogen and oxygen atoms in total. The molecule has 0 saturated carbocycles. The Kier molecular flexibility index (Phi) is 8.78. The van der Waals surface area contributed by atoms with Crippen LogP contribution in [0.25, 0.3) is 22.4 Å². The van der Waals surface area contributed by atoms with Crippen molar-refractivity contribution in [1.82, 2.24) is 24.8 Å². The number of nitrogens with zero attached hydrogens (tertiary/aromatic N) is 4. The van der Waals surface area contributed by atoms with Gasteiger partial charge in [0.05, 0.1) is 5.69 Å². The third-order valence-corrected chi connectivity index (χ3v) is 5.52. The molecule has 4 rings (SSSR count). The lowest BCUT2D eigenvalue weighted by Crippen LogP contribution is -2.27. The Balaban J connectivity index is 0.000000241. The van der Waals surface area contributed by atoms with E-state index in [1.54, 1.807) is 36.8 Å². The van der Waals surface area contributed by atoms with Crippen LogP contribution in [0.3, 0.4) is 0 Å². The molecule has 0 amide bonds.